The number of aliphatic hydroxyl groups excluding tert-OH is 1. The summed E-state index contributed by atoms with van der Waals surface area (Å²) in [6.45, 7) is 4.67. The van der Waals surface area contributed by atoms with Crippen LogP contribution in [0.3, 0.4) is 0 Å². The van der Waals surface area contributed by atoms with Crippen LogP contribution in [0, 0.1) is 17.2 Å². The van der Waals surface area contributed by atoms with Crippen molar-refractivity contribution in [1.29, 1.82) is 0 Å². The fourth-order valence-corrected chi connectivity index (χ4v) is 4.68. The number of fused-ring (bicyclic) bond motifs is 1. The highest BCUT2D eigenvalue weighted by Crippen LogP contribution is 2.46. The molecule has 1 aromatic heterocycles. The van der Waals surface area contributed by atoms with Gasteiger partial charge in [0.2, 0.25) is 10.0 Å². The Hall–Kier alpha value is -1.51. The lowest BCUT2D eigenvalue weighted by Crippen LogP contribution is -2.43. The van der Waals surface area contributed by atoms with Gasteiger partial charge in [-0.15, -0.1) is 0 Å². The molecule has 0 saturated carbocycles. The number of H-pyrrole nitrogens is 1. The van der Waals surface area contributed by atoms with Crippen LogP contribution in [0.25, 0.3) is 10.9 Å². The normalized spacial score (nSPS) is 19.4. The number of sulfonamides is 1. The molecule has 1 aliphatic heterocycles. The monoisotopic (exact) mass is 369 g/mol. The SMILES string of the molecule is CC(C)(C1CCN(S(C)(=O)=O)CC1)C(O)c1c(F)ccc2cn[nH]c12. The molecule has 6 nitrogen and oxygen atoms in total. The molecule has 0 aliphatic carbocycles. The van der Waals surface area contributed by atoms with Crippen molar-refractivity contribution in [3.63, 3.8) is 0 Å². The van der Waals surface area contributed by atoms with E-state index in [-0.39, 0.29) is 11.5 Å². The molecule has 0 radical (unpaired) electrons. The van der Waals surface area contributed by atoms with Crippen LogP contribution in [0.4, 0.5) is 4.39 Å². The van der Waals surface area contributed by atoms with Crippen molar-refractivity contribution in [2.75, 3.05) is 19.3 Å². The minimum Gasteiger partial charge on any atom is -0.388 e. The molecule has 25 heavy (non-hydrogen) atoms. The van der Waals surface area contributed by atoms with Gasteiger partial charge in [0, 0.05) is 24.0 Å². The van der Waals surface area contributed by atoms with Gasteiger partial charge in [-0.1, -0.05) is 13.8 Å². The summed E-state index contributed by atoms with van der Waals surface area (Å²) < 4.78 is 39.3. The number of aliphatic hydroxyl groups is 1. The molecular weight excluding hydrogens is 345 g/mol. The molecule has 1 unspecified atom stereocenters. The van der Waals surface area contributed by atoms with Crippen molar-refractivity contribution in [3.8, 4) is 0 Å². The van der Waals surface area contributed by atoms with Crippen LogP contribution in [0.2, 0.25) is 0 Å². The van der Waals surface area contributed by atoms with Gasteiger partial charge < -0.3 is 5.11 Å². The molecule has 0 amide bonds. The van der Waals surface area contributed by atoms with Crippen molar-refractivity contribution in [1.82, 2.24) is 14.5 Å². The van der Waals surface area contributed by atoms with E-state index in [0.717, 1.165) is 5.39 Å². The lowest BCUT2D eigenvalue weighted by Gasteiger charge is -2.42. The van der Waals surface area contributed by atoms with Gasteiger partial charge in [0.25, 0.3) is 0 Å². The van der Waals surface area contributed by atoms with Crippen LogP contribution < -0.4 is 0 Å². The molecule has 8 heteroatoms. The Morgan fingerprint density at radius 3 is 2.60 bits per heavy atom. The Kier molecular flexibility index (Phi) is 4.63. The minimum absolute atomic E-state index is 0.0816. The second kappa shape index (κ2) is 6.34. The first-order chi connectivity index (χ1) is 11.6. The third-order valence-electron chi connectivity index (χ3n) is 5.56. The first-order valence-corrected chi connectivity index (χ1v) is 10.2. The van der Waals surface area contributed by atoms with Crippen LogP contribution in [-0.4, -0.2) is 47.4 Å². The maximum atomic E-state index is 14.5. The van der Waals surface area contributed by atoms with E-state index in [1.165, 1.54) is 16.6 Å². The van der Waals surface area contributed by atoms with Crippen molar-refractivity contribution in [2.45, 2.75) is 32.8 Å². The number of aromatic nitrogens is 2. The maximum absolute atomic E-state index is 14.5. The second-order valence-corrected chi connectivity index (χ2v) is 9.44. The van der Waals surface area contributed by atoms with E-state index in [9.17, 15) is 17.9 Å². The molecule has 0 spiro atoms. The van der Waals surface area contributed by atoms with Crippen LogP contribution in [0.1, 0.15) is 38.4 Å². The van der Waals surface area contributed by atoms with Crippen molar-refractivity contribution < 1.29 is 17.9 Å². The summed E-state index contributed by atoms with van der Waals surface area (Å²) in [5.41, 5.74) is 0.129. The molecule has 138 valence electrons. The van der Waals surface area contributed by atoms with E-state index in [1.807, 2.05) is 13.8 Å². The van der Waals surface area contributed by atoms with E-state index in [1.54, 1.807) is 12.3 Å². The standard InChI is InChI=1S/C17H24FN3O3S/c1-17(2,12-6-8-21(9-7-12)25(3,23)24)16(22)14-13(18)5-4-11-10-19-20-15(11)14/h4-5,10,12,16,22H,6-9H2,1-3H3,(H,19,20). The van der Waals surface area contributed by atoms with E-state index in [2.05, 4.69) is 10.2 Å². The molecule has 0 bridgehead atoms. The topological polar surface area (TPSA) is 86.3 Å². The summed E-state index contributed by atoms with van der Waals surface area (Å²) in [5.74, 6) is -0.385. The number of piperidine rings is 1. The van der Waals surface area contributed by atoms with Crippen molar-refractivity contribution >= 4 is 20.9 Å². The number of benzene rings is 1. The van der Waals surface area contributed by atoms with Crippen molar-refractivity contribution in [2.24, 2.45) is 11.3 Å². The first-order valence-electron chi connectivity index (χ1n) is 8.37. The molecule has 1 fully saturated rings. The van der Waals surface area contributed by atoms with Crippen LogP contribution in [-0.2, 0) is 10.0 Å². The lowest BCUT2D eigenvalue weighted by molar-refractivity contribution is -0.0131. The smallest absolute Gasteiger partial charge is 0.211 e. The third-order valence-corrected chi connectivity index (χ3v) is 6.86. The Bertz CT molecular complexity index is 870. The van der Waals surface area contributed by atoms with Gasteiger partial charge in [0.15, 0.2) is 0 Å². The summed E-state index contributed by atoms with van der Waals surface area (Å²) in [4.78, 5) is 0. The molecule has 3 rings (SSSR count). The molecular formula is C17H24FN3O3S. The zero-order chi connectivity index (χ0) is 18.4. The number of nitrogens with zero attached hydrogens (tertiary/aromatic N) is 2. The third kappa shape index (κ3) is 3.30. The number of rotatable bonds is 4. The van der Waals surface area contributed by atoms with Crippen LogP contribution >= 0.6 is 0 Å². The van der Waals surface area contributed by atoms with Gasteiger partial charge in [-0.05, 0) is 36.3 Å². The Morgan fingerprint density at radius 2 is 2.00 bits per heavy atom. The molecule has 1 aromatic carbocycles. The highest BCUT2D eigenvalue weighted by molar-refractivity contribution is 7.88. The predicted molar refractivity (Wildman–Crippen MR) is 93.9 cm³/mol. The number of aromatic amines is 1. The van der Waals surface area contributed by atoms with E-state index in [4.69, 9.17) is 0 Å². The summed E-state index contributed by atoms with van der Waals surface area (Å²) in [6.07, 6.45) is 3.06. The Morgan fingerprint density at radius 1 is 1.36 bits per heavy atom. The number of hydrogen-bond acceptors (Lipinski definition) is 4. The van der Waals surface area contributed by atoms with E-state index < -0.39 is 27.4 Å². The molecule has 1 aliphatic rings. The number of halogens is 1. The molecule has 1 saturated heterocycles. The van der Waals surface area contributed by atoms with Gasteiger partial charge >= 0.3 is 0 Å². The Labute approximate surface area is 147 Å². The van der Waals surface area contributed by atoms with Crippen molar-refractivity contribution in [3.05, 3.63) is 29.7 Å². The number of hydrogen-bond donors (Lipinski definition) is 2. The molecule has 2 N–H and O–H groups in total. The van der Waals surface area contributed by atoms with Gasteiger partial charge in [0.1, 0.15) is 5.82 Å². The average molecular weight is 369 g/mol. The van der Waals surface area contributed by atoms with E-state index in [0.29, 0.717) is 31.4 Å². The van der Waals surface area contributed by atoms with E-state index >= 15 is 0 Å². The maximum Gasteiger partial charge on any atom is 0.211 e. The summed E-state index contributed by atoms with van der Waals surface area (Å²) in [7, 11) is -3.20. The second-order valence-electron chi connectivity index (χ2n) is 7.46. The quantitative estimate of drug-likeness (QED) is 0.867. The molecule has 2 heterocycles. The summed E-state index contributed by atoms with van der Waals surface area (Å²) in [5, 5.41) is 18.5. The number of nitrogens with one attached hydrogen (secondary N) is 1. The molecule has 2 aromatic rings. The van der Waals surface area contributed by atoms with Gasteiger partial charge in [-0.3, -0.25) is 5.10 Å². The van der Waals surface area contributed by atoms with Crippen LogP contribution in [0.5, 0.6) is 0 Å². The summed E-state index contributed by atoms with van der Waals surface area (Å²) in [6, 6.07) is 2.97. The lowest BCUT2D eigenvalue weighted by atomic mass is 9.68. The Balaban J connectivity index is 1.87. The minimum atomic E-state index is -3.20. The van der Waals surface area contributed by atoms with Gasteiger partial charge in [-0.25, -0.2) is 17.1 Å². The summed E-state index contributed by atoms with van der Waals surface area (Å²) >= 11 is 0. The highest BCUT2D eigenvalue weighted by Gasteiger charge is 2.41. The largest absolute Gasteiger partial charge is 0.388 e. The molecule has 1 atom stereocenters. The zero-order valence-corrected chi connectivity index (χ0v) is 15.5. The fraction of sp³-hybridized carbons (Fsp3) is 0.588. The van der Waals surface area contributed by atoms with Gasteiger partial charge in [0.05, 0.1) is 24.1 Å². The van der Waals surface area contributed by atoms with Crippen LogP contribution in [0.15, 0.2) is 18.3 Å². The first kappa shape index (κ1) is 18.3. The predicted octanol–water partition coefficient (Wildman–Crippen LogP) is 2.43. The highest BCUT2D eigenvalue weighted by atomic mass is 32.2. The van der Waals surface area contributed by atoms with Gasteiger partial charge in [-0.2, -0.15) is 5.10 Å². The zero-order valence-electron chi connectivity index (χ0n) is 14.7. The average Bonchev–Trinajstić information content (AvgIpc) is 3.02. The fourth-order valence-electron chi connectivity index (χ4n) is 3.80.